The summed E-state index contributed by atoms with van der Waals surface area (Å²) in [7, 11) is -3.71. The van der Waals surface area contributed by atoms with Crippen molar-refractivity contribution >= 4 is 50.3 Å². The predicted molar refractivity (Wildman–Crippen MR) is 134 cm³/mol. The largest absolute Gasteiger partial charge is 0.375 e. The molecule has 8 nitrogen and oxygen atoms in total. The lowest BCUT2D eigenvalue weighted by Gasteiger charge is -2.35. The van der Waals surface area contributed by atoms with Gasteiger partial charge in [-0.05, 0) is 35.9 Å². The van der Waals surface area contributed by atoms with Gasteiger partial charge < -0.3 is 10.2 Å². The Kier molecular flexibility index (Phi) is 7.27. The van der Waals surface area contributed by atoms with E-state index in [0.29, 0.717) is 30.3 Å². The van der Waals surface area contributed by atoms with Crippen LogP contribution in [0, 0.1) is 10.1 Å². The van der Waals surface area contributed by atoms with Crippen LogP contribution in [0.15, 0.2) is 71.6 Å². The lowest BCUT2D eigenvalue weighted by molar-refractivity contribution is -0.384. The molecule has 4 rings (SSSR count). The minimum absolute atomic E-state index is 0.0134. The molecule has 0 unspecified atom stereocenters. The number of hydrogen-bond acceptors (Lipinski definition) is 6. The van der Waals surface area contributed by atoms with Crippen LogP contribution in [0.3, 0.4) is 0 Å². The van der Waals surface area contributed by atoms with Gasteiger partial charge in [0.05, 0.1) is 19.9 Å². The van der Waals surface area contributed by atoms with Crippen LogP contribution in [0.5, 0.6) is 0 Å². The minimum atomic E-state index is -3.71. The summed E-state index contributed by atoms with van der Waals surface area (Å²) in [6.45, 7) is 1.87. The van der Waals surface area contributed by atoms with Crippen molar-refractivity contribution in [1.29, 1.82) is 0 Å². The van der Waals surface area contributed by atoms with Crippen LogP contribution in [0.4, 0.5) is 17.1 Å². The van der Waals surface area contributed by atoms with Gasteiger partial charge in [0.25, 0.3) is 5.69 Å². The molecule has 0 amide bonds. The minimum Gasteiger partial charge on any atom is -0.375 e. The molecule has 1 heterocycles. The summed E-state index contributed by atoms with van der Waals surface area (Å²) >= 11 is 11.9. The van der Waals surface area contributed by atoms with Crippen LogP contribution in [0.25, 0.3) is 0 Å². The van der Waals surface area contributed by atoms with E-state index in [2.05, 4.69) is 5.32 Å². The SMILES string of the molecule is O=[N+]([O-])c1ccc(N2CCN(S(=O)(=O)c3ccc(Cl)c(Cl)c3)CC2)cc1NCc1ccccc1. The van der Waals surface area contributed by atoms with Gasteiger partial charge in [-0.25, -0.2) is 8.42 Å². The van der Waals surface area contributed by atoms with Gasteiger partial charge in [-0.1, -0.05) is 53.5 Å². The first-order chi connectivity index (χ1) is 16.3. The van der Waals surface area contributed by atoms with Crippen molar-refractivity contribution in [3.05, 3.63) is 92.5 Å². The third kappa shape index (κ3) is 5.28. The van der Waals surface area contributed by atoms with Gasteiger partial charge in [0.2, 0.25) is 10.0 Å². The van der Waals surface area contributed by atoms with Gasteiger partial charge >= 0.3 is 0 Å². The fourth-order valence-corrected chi connectivity index (χ4v) is 5.60. The third-order valence-corrected chi connectivity index (χ3v) is 8.27. The monoisotopic (exact) mass is 520 g/mol. The van der Waals surface area contributed by atoms with Gasteiger partial charge in [0.15, 0.2) is 0 Å². The van der Waals surface area contributed by atoms with E-state index in [1.807, 2.05) is 35.2 Å². The first kappa shape index (κ1) is 24.3. The molecule has 0 aliphatic carbocycles. The number of nitrogens with one attached hydrogen (secondary N) is 1. The van der Waals surface area contributed by atoms with Crippen LogP contribution in [0.1, 0.15) is 5.56 Å². The zero-order valence-corrected chi connectivity index (χ0v) is 20.4. The van der Waals surface area contributed by atoms with Gasteiger partial charge in [-0.2, -0.15) is 4.31 Å². The van der Waals surface area contributed by atoms with Crippen molar-refractivity contribution in [2.24, 2.45) is 0 Å². The Bertz CT molecular complexity index is 1300. The Hall–Kier alpha value is -2.85. The summed E-state index contributed by atoms with van der Waals surface area (Å²) in [6.07, 6.45) is 0. The molecule has 0 spiro atoms. The summed E-state index contributed by atoms with van der Waals surface area (Å²) in [5.41, 5.74) is 2.19. The molecule has 3 aromatic rings. The summed E-state index contributed by atoms with van der Waals surface area (Å²) in [6, 6.07) is 18.8. The fraction of sp³-hybridized carbons (Fsp3) is 0.217. The highest BCUT2D eigenvalue weighted by molar-refractivity contribution is 7.89. The number of nitrogens with zero attached hydrogens (tertiary/aromatic N) is 3. The topological polar surface area (TPSA) is 95.8 Å². The average Bonchev–Trinajstić information content (AvgIpc) is 2.84. The number of nitro benzene ring substituents is 1. The zero-order valence-electron chi connectivity index (χ0n) is 18.0. The quantitative estimate of drug-likeness (QED) is 0.346. The summed E-state index contributed by atoms with van der Waals surface area (Å²) < 4.78 is 27.4. The summed E-state index contributed by atoms with van der Waals surface area (Å²) in [5.74, 6) is 0. The molecule has 3 aromatic carbocycles. The third-order valence-electron chi connectivity index (χ3n) is 5.64. The molecule has 0 atom stereocenters. The molecule has 0 radical (unpaired) electrons. The lowest BCUT2D eigenvalue weighted by atomic mass is 10.2. The average molecular weight is 521 g/mol. The molecule has 178 valence electrons. The second-order valence-corrected chi connectivity index (χ2v) is 10.5. The van der Waals surface area contributed by atoms with Gasteiger partial charge in [-0.3, -0.25) is 10.1 Å². The van der Waals surface area contributed by atoms with E-state index in [-0.39, 0.29) is 28.7 Å². The van der Waals surface area contributed by atoms with Crippen LogP contribution >= 0.6 is 23.2 Å². The van der Waals surface area contributed by atoms with E-state index in [9.17, 15) is 18.5 Å². The van der Waals surface area contributed by atoms with E-state index in [1.165, 1.54) is 28.6 Å². The van der Waals surface area contributed by atoms with E-state index >= 15 is 0 Å². The number of nitro groups is 1. The maximum atomic E-state index is 13.0. The number of rotatable bonds is 7. The number of piperazine rings is 1. The van der Waals surface area contributed by atoms with Crippen LogP contribution in [-0.4, -0.2) is 43.8 Å². The van der Waals surface area contributed by atoms with E-state index in [4.69, 9.17) is 23.2 Å². The van der Waals surface area contributed by atoms with Crippen LogP contribution < -0.4 is 10.2 Å². The van der Waals surface area contributed by atoms with Gasteiger partial charge in [0.1, 0.15) is 5.69 Å². The molecule has 1 saturated heterocycles. The Morgan fingerprint density at radius 1 is 0.912 bits per heavy atom. The van der Waals surface area contributed by atoms with Crippen LogP contribution in [-0.2, 0) is 16.6 Å². The molecule has 1 aliphatic heterocycles. The van der Waals surface area contributed by atoms with Crippen molar-refractivity contribution in [3.8, 4) is 0 Å². The van der Waals surface area contributed by atoms with E-state index in [0.717, 1.165) is 11.3 Å². The first-order valence-electron chi connectivity index (χ1n) is 10.5. The van der Waals surface area contributed by atoms with Gasteiger partial charge in [0, 0.05) is 44.5 Å². The molecule has 0 saturated carbocycles. The molecule has 1 fully saturated rings. The van der Waals surface area contributed by atoms with E-state index in [1.54, 1.807) is 12.1 Å². The predicted octanol–water partition coefficient (Wildman–Crippen LogP) is 5.02. The first-order valence-corrected chi connectivity index (χ1v) is 12.7. The number of sulfonamides is 1. The van der Waals surface area contributed by atoms with Crippen molar-refractivity contribution < 1.29 is 13.3 Å². The number of benzene rings is 3. The highest BCUT2D eigenvalue weighted by Gasteiger charge is 2.29. The smallest absolute Gasteiger partial charge is 0.292 e. The molecule has 34 heavy (non-hydrogen) atoms. The van der Waals surface area contributed by atoms with Gasteiger partial charge in [-0.15, -0.1) is 0 Å². The van der Waals surface area contributed by atoms with E-state index < -0.39 is 14.9 Å². The normalized spacial score (nSPS) is 14.7. The maximum absolute atomic E-state index is 13.0. The number of hydrogen-bond donors (Lipinski definition) is 1. The van der Waals surface area contributed by atoms with Crippen LogP contribution in [0.2, 0.25) is 10.0 Å². The lowest BCUT2D eigenvalue weighted by Crippen LogP contribution is -2.48. The zero-order chi connectivity index (χ0) is 24.3. The van der Waals surface area contributed by atoms with Crippen molar-refractivity contribution in [3.63, 3.8) is 0 Å². The number of anilines is 2. The Morgan fingerprint density at radius 2 is 1.62 bits per heavy atom. The van der Waals surface area contributed by atoms with Crippen molar-refractivity contribution in [2.75, 3.05) is 36.4 Å². The highest BCUT2D eigenvalue weighted by atomic mass is 35.5. The summed E-state index contributed by atoms with van der Waals surface area (Å²) in [4.78, 5) is 13.2. The Balaban J connectivity index is 1.48. The standard InChI is InChI=1S/C23H22Cl2N4O4S/c24-20-8-7-19(15-21(20)25)34(32,33)28-12-10-27(11-13-28)18-6-9-23(29(30)31)22(14-18)26-16-17-4-2-1-3-5-17/h1-9,14-15,26H,10-13,16H2. The molecule has 11 heteroatoms. The molecule has 0 bridgehead atoms. The number of halogens is 2. The second kappa shape index (κ2) is 10.2. The molecular weight excluding hydrogens is 499 g/mol. The molecule has 1 N–H and O–H groups in total. The molecule has 0 aromatic heterocycles. The summed E-state index contributed by atoms with van der Waals surface area (Å²) in [5, 5.41) is 15.1. The second-order valence-electron chi connectivity index (χ2n) is 7.76. The fourth-order valence-electron chi connectivity index (χ4n) is 3.79. The Morgan fingerprint density at radius 3 is 2.26 bits per heavy atom. The Labute approximate surface area is 207 Å². The van der Waals surface area contributed by atoms with Crippen molar-refractivity contribution in [1.82, 2.24) is 4.31 Å². The molecule has 1 aliphatic rings. The van der Waals surface area contributed by atoms with Crippen molar-refractivity contribution in [2.45, 2.75) is 11.4 Å². The maximum Gasteiger partial charge on any atom is 0.292 e. The highest BCUT2D eigenvalue weighted by Crippen LogP contribution is 2.32. The molecular formula is C23H22Cl2N4O4S.